The maximum Gasteiger partial charge on any atom is 0.257 e. The van der Waals surface area contributed by atoms with Gasteiger partial charge in [0.15, 0.2) is 0 Å². The number of nitrogens with zero attached hydrogens (tertiary/aromatic N) is 3. The molecule has 1 aliphatic rings. The van der Waals surface area contributed by atoms with Gasteiger partial charge in [-0.3, -0.25) is 9.59 Å². The van der Waals surface area contributed by atoms with Crippen molar-refractivity contribution in [1.29, 1.82) is 5.26 Å². The normalized spacial score (nSPS) is 15.0. The summed E-state index contributed by atoms with van der Waals surface area (Å²) >= 11 is 6.08. The second-order valence-electron chi connectivity index (χ2n) is 7.95. The van der Waals surface area contributed by atoms with E-state index >= 15 is 0 Å². The molecule has 0 aliphatic carbocycles. The van der Waals surface area contributed by atoms with Crippen molar-refractivity contribution >= 4 is 23.4 Å². The molecular formula is C25H28ClN3O3. The number of nitriles is 1. The molecule has 32 heavy (non-hydrogen) atoms. The largest absolute Gasteiger partial charge is 0.496 e. The molecular weight excluding hydrogens is 426 g/mol. The van der Waals surface area contributed by atoms with Gasteiger partial charge in [0.05, 0.1) is 30.3 Å². The molecule has 1 aliphatic heterocycles. The number of hydrogen-bond donors (Lipinski definition) is 0. The molecule has 0 N–H and O–H groups in total. The molecule has 0 bridgehead atoms. The molecule has 2 aromatic rings. The lowest BCUT2D eigenvalue weighted by Crippen LogP contribution is -2.45. The van der Waals surface area contributed by atoms with E-state index < -0.39 is 0 Å². The van der Waals surface area contributed by atoms with Crippen LogP contribution >= 0.6 is 11.6 Å². The Morgan fingerprint density at radius 3 is 2.44 bits per heavy atom. The van der Waals surface area contributed by atoms with Gasteiger partial charge in [-0.25, -0.2) is 0 Å². The number of piperidine rings is 1. The number of halogens is 1. The van der Waals surface area contributed by atoms with Crippen molar-refractivity contribution < 1.29 is 14.3 Å². The van der Waals surface area contributed by atoms with Crippen LogP contribution in [0.1, 0.15) is 54.2 Å². The summed E-state index contributed by atoms with van der Waals surface area (Å²) in [5.41, 5.74) is 2.04. The van der Waals surface area contributed by atoms with Crippen molar-refractivity contribution in [3.05, 3.63) is 64.2 Å². The van der Waals surface area contributed by atoms with Gasteiger partial charge in [0, 0.05) is 30.6 Å². The van der Waals surface area contributed by atoms with Gasteiger partial charge in [0.1, 0.15) is 5.75 Å². The number of amides is 2. The first kappa shape index (κ1) is 23.6. The SMILES string of the molecule is CCN(C(=O)C1CCN(C(=O)c2cc(Cl)ccc2OC)CC1)C(C)c1ccc(C#N)cc1. The van der Waals surface area contributed by atoms with E-state index in [0.717, 1.165) is 5.56 Å². The fourth-order valence-corrected chi connectivity index (χ4v) is 4.39. The van der Waals surface area contributed by atoms with E-state index in [1.807, 2.05) is 30.9 Å². The molecule has 1 fully saturated rings. The first-order valence-corrected chi connectivity index (χ1v) is 11.2. The summed E-state index contributed by atoms with van der Waals surface area (Å²) in [6, 6.07) is 14.4. The molecule has 1 heterocycles. The Kier molecular flexibility index (Phi) is 7.76. The van der Waals surface area contributed by atoms with E-state index in [-0.39, 0.29) is 23.8 Å². The van der Waals surface area contributed by atoms with Crippen molar-refractivity contribution in [2.45, 2.75) is 32.7 Å². The molecule has 1 atom stereocenters. The summed E-state index contributed by atoms with van der Waals surface area (Å²) in [4.78, 5) is 29.9. The minimum atomic E-state index is -0.131. The Morgan fingerprint density at radius 2 is 1.88 bits per heavy atom. The highest BCUT2D eigenvalue weighted by atomic mass is 35.5. The summed E-state index contributed by atoms with van der Waals surface area (Å²) in [6.07, 6.45) is 1.23. The Morgan fingerprint density at radius 1 is 1.22 bits per heavy atom. The van der Waals surface area contributed by atoms with Crippen LogP contribution in [0.15, 0.2) is 42.5 Å². The average Bonchev–Trinajstić information content (AvgIpc) is 2.84. The summed E-state index contributed by atoms with van der Waals surface area (Å²) in [5, 5.41) is 9.48. The summed E-state index contributed by atoms with van der Waals surface area (Å²) in [5.74, 6) is 0.345. The van der Waals surface area contributed by atoms with Crippen molar-refractivity contribution in [2.75, 3.05) is 26.7 Å². The molecule has 1 saturated heterocycles. The summed E-state index contributed by atoms with van der Waals surface area (Å²) in [7, 11) is 1.53. The van der Waals surface area contributed by atoms with Crippen LogP contribution in [0.4, 0.5) is 0 Å². The molecule has 2 amide bonds. The molecule has 6 nitrogen and oxygen atoms in total. The Hall–Kier alpha value is -3.04. The monoisotopic (exact) mass is 453 g/mol. The summed E-state index contributed by atoms with van der Waals surface area (Å²) < 4.78 is 5.32. The third-order valence-corrected chi connectivity index (χ3v) is 6.37. The lowest BCUT2D eigenvalue weighted by molar-refractivity contribution is -0.139. The van der Waals surface area contributed by atoms with E-state index in [1.54, 1.807) is 35.2 Å². The van der Waals surface area contributed by atoms with Gasteiger partial charge in [0.25, 0.3) is 5.91 Å². The smallest absolute Gasteiger partial charge is 0.257 e. The first-order chi connectivity index (χ1) is 15.4. The maximum atomic E-state index is 13.3. The number of likely N-dealkylation sites (tertiary alicyclic amines) is 1. The van der Waals surface area contributed by atoms with Crippen LogP contribution in [0.2, 0.25) is 5.02 Å². The van der Waals surface area contributed by atoms with Crippen LogP contribution < -0.4 is 4.74 Å². The minimum Gasteiger partial charge on any atom is -0.496 e. The van der Waals surface area contributed by atoms with Crippen molar-refractivity contribution in [3.63, 3.8) is 0 Å². The van der Waals surface area contributed by atoms with Crippen molar-refractivity contribution in [1.82, 2.24) is 9.80 Å². The molecule has 1 unspecified atom stereocenters. The van der Waals surface area contributed by atoms with Gasteiger partial charge >= 0.3 is 0 Å². The fraction of sp³-hybridized carbons (Fsp3) is 0.400. The van der Waals surface area contributed by atoms with E-state index in [9.17, 15) is 9.59 Å². The van der Waals surface area contributed by atoms with Gasteiger partial charge in [-0.2, -0.15) is 5.26 Å². The quantitative estimate of drug-likeness (QED) is 0.636. The Bertz CT molecular complexity index is 1010. The van der Waals surface area contributed by atoms with Crippen molar-refractivity contribution in [2.24, 2.45) is 5.92 Å². The van der Waals surface area contributed by atoms with Crippen molar-refractivity contribution in [3.8, 4) is 11.8 Å². The van der Waals surface area contributed by atoms with Gasteiger partial charge in [-0.05, 0) is 62.6 Å². The standard InChI is InChI=1S/C25H28ClN3O3/c1-4-29(17(2)19-7-5-18(16-27)6-8-19)24(30)20-11-13-28(14-12-20)25(31)22-15-21(26)9-10-23(22)32-3/h5-10,15,17,20H,4,11-14H2,1-3H3. The molecule has 0 spiro atoms. The van der Waals surface area contributed by atoms with Gasteiger partial charge in [-0.1, -0.05) is 23.7 Å². The van der Waals surface area contributed by atoms with Crippen LogP contribution in [-0.4, -0.2) is 48.4 Å². The zero-order valence-corrected chi connectivity index (χ0v) is 19.4. The number of ether oxygens (including phenoxy) is 1. The third-order valence-electron chi connectivity index (χ3n) is 6.14. The van der Waals surface area contributed by atoms with Crippen LogP contribution in [0, 0.1) is 17.2 Å². The van der Waals surface area contributed by atoms with E-state index in [1.165, 1.54) is 7.11 Å². The van der Waals surface area contributed by atoms with Gasteiger partial charge < -0.3 is 14.5 Å². The number of methoxy groups -OCH3 is 1. The topological polar surface area (TPSA) is 73.6 Å². The van der Waals surface area contributed by atoms with E-state index in [4.69, 9.17) is 21.6 Å². The number of carbonyl (C=O) groups excluding carboxylic acids is 2. The molecule has 168 valence electrons. The molecule has 2 aromatic carbocycles. The van der Waals surface area contributed by atoms with Crippen LogP contribution in [0.3, 0.4) is 0 Å². The lowest BCUT2D eigenvalue weighted by Gasteiger charge is -2.36. The predicted molar refractivity (Wildman–Crippen MR) is 124 cm³/mol. The fourth-order valence-electron chi connectivity index (χ4n) is 4.22. The minimum absolute atomic E-state index is 0.0874. The highest BCUT2D eigenvalue weighted by molar-refractivity contribution is 6.31. The maximum absolute atomic E-state index is 13.3. The Balaban J connectivity index is 1.65. The van der Waals surface area contributed by atoms with E-state index in [2.05, 4.69) is 6.07 Å². The van der Waals surface area contributed by atoms with Crippen LogP contribution in [0.5, 0.6) is 5.75 Å². The third kappa shape index (κ3) is 5.05. The van der Waals surface area contributed by atoms with Gasteiger partial charge in [-0.15, -0.1) is 0 Å². The molecule has 7 heteroatoms. The zero-order valence-electron chi connectivity index (χ0n) is 18.7. The molecule has 0 aromatic heterocycles. The predicted octanol–water partition coefficient (Wildman–Crippen LogP) is 4.68. The second-order valence-corrected chi connectivity index (χ2v) is 8.38. The molecule has 0 radical (unpaired) electrons. The number of rotatable bonds is 6. The number of hydrogen-bond acceptors (Lipinski definition) is 4. The molecule has 3 rings (SSSR count). The second kappa shape index (κ2) is 10.5. The van der Waals surface area contributed by atoms with Gasteiger partial charge in [0.2, 0.25) is 5.91 Å². The van der Waals surface area contributed by atoms with E-state index in [0.29, 0.717) is 54.4 Å². The van der Waals surface area contributed by atoms with Crippen LogP contribution in [0.25, 0.3) is 0 Å². The number of benzene rings is 2. The zero-order chi connectivity index (χ0) is 23.3. The Labute approximate surface area is 194 Å². The highest BCUT2D eigenvalue weighted by Gasteiger charge is 2.32. The van der Waals surface area contributed by atoms with Crippen LogP contribution in [-0.2, 0) is 4.79 Å². The number of carbonyl (C=O) groups is 2. The highest BCUT2D eigenvalue weighted by Crippen LogP contribution is 2.29. The average molecular weight is 454 g/mol. The first-order valence-electron chi connectivity index (χ1n) is 10.8. The molecule has 0 saturated carbocycles. The summed E-state index contributed by atoms with van der Waals surface area (Å²) in [6.45, 7) is 5.59. The lowest BCUT2D eigenvalue weighted by atomic mass is 9.93.